The quantitative estimate of drug-likeness (QED) is 0.706. The van der Waals surface area contributed by atoms with Gasteiger partial charge in [-0.05, 0) is 36.3 Å². The zero-order chi connectivity index (χ0) is 9.68. The van der Waals surface area contributed by atoms with Gasteiger partial charge in [0.25, 0.3) is 0 Å². The van der Waals surface area contributed by atoms with Crippen LogP contribution < -0.4 is 11.1 Å². The molecule has 0 bridgehead atoms. The van der Waals surface area contributed by atoms with Crippen LogP contribution in [0.25, 0.3) is 0 Å². The Labute approximate surface area is 86.0 Å². The van der Waals surface area contributed by atoms with Crippen LogP contribution in [0.2, 0.25) is 0 Å². The molecule has 0 radical (unpaired) electrons. The molecule has 0 aromatic carbocycles. The Balaban J connectivity index is 2.15. The molecule has 13 heavy (non-hydrogen) atoms. The monoisotopic (exact) mass is 202 g/mol. The summed E-state index contributed by atoms with van der Waals surface area (Å²) in [6.07, 6.45) is 1.38. The summed E-state index contributed by atoms with van der Waals surface area (Å²) in [5.41, 5.74) is 5.69. The van der Waals surface area contributed by atoms with E-state index >= 15 is 0 Å². The number of hydrogen-bond donors (Lipinski definition) is 2. The maximum Gasteiger partial charge on any atom is 0.0213 e. The fourth-order valence-corrected chi connectivity index (χ4v) is 2.94. The highest BCUT2D eigenvalue weighted by atomic mass is 32.2. The van der Waals surface area contributed by atoms with Gasteiger partial charge in [-0.1, -0.05) is 13.8 Å². The number of thioether (sulfide) groups is 1. The van der Waals surface area contributed by atoms with Crippen molar-refractivity contribution in [3.05, 3.63) is 0 Å². The first kappa shape index (κ1) is 11.3. The molecule has 0 spiro atoms. The average Bonchev–Trinajstić information content (AvgIpc) is 2.57. The van der Waals surface area contributed by atoms with E-state index in [1.807, 2.05) is 0 Å². The maximum absolute atomic E-state index is 5.69. The molecule has 78 valence electrons. The summed E-state index contributed by atoms with van der Waals surface area (Å²) < 4.78 is 0. The summed E-state index contributed by atoms with van der Waals surface area (Å²) in [5.74, 6) is 4.22. The van der Waals surface area contributed by atoms with Gasteiger partial charge in [0.05, 0.1) is 0 Å². The summed E-state index contributed by atoms with van der Waals surface area (Å²) in [4.78, 5) is 0. The van der Waals surface area contributed by atoms with Crippen LogP contribution in [0.3, 0.4) is 0 Å². The zero-order valence-electron chi connectivity index (χ0n) is 8.75. The van der Waals surface area contributed by atoms with Crippen molar-refractivity contribution in [2.45, 2.75) is 26.3 Å². The van der Waals surface area contributed by atoms with Gasteiger partial charge >= 0.3 is 0 Å². The van der Waals surface area contributed by atoms with Gasteiger partial charge in [0.2, 0.25) is 0 Å². The van der Waals surface area contributed by atoms with Crippen LogP contribution in [0.15, 0.2) is 0 Å². The first-order valence-corrected chi connectivity index (χ1v) is 6.40. The molecular formula is C10H22N2S. The Kier molecular flexibility index (Phi) is 5.14. The van der Waals surface area contributed by atoms with E-state index in [0.717, 1.165) is 19.0 Å². The normalized spacial score (nSPS) is 25.4. The molecule has 0 saturated carbocycles. The Bertz CT molecular complexity index is 133. The van der Waals surface area contributed by atoms with Crippen molar-refractivity contribution in [3.8, 4) is 0 Å². The average molecular weight is 202 g/mol. The van der Waals surface area contributed by atoms with E-state index in [-0.39, 0.29) is 0 Å². The Morgan fingerprint density at radius 2 is 2.31 bits per heavy atom. The van der Waals surface area contributed by atoms with Crippen molar-refractivity contribution >= 4 is 11.8 Å². The van der Waals surface area contributed by atoms with Gasteiger partial charge in [0.1, 0.15) is 0 Å². The van der Waals surface area contributed by atoms with E-state index < -0.39 is 0 Å². The van der Waals surface area contributed by atoms with Crippen LogP contribution in [0.1, 0.15) is 20.3 Å². The molecule has 0 aromatic heterocycles. The van der Waals surface area contributed by atoms with Gasteiger partial charge in [-0.2, -0.15) is 11.8 Å². The van der Waals surface area contributed by atoms with Crippen LogP contribution in [0, 0.1) is 11.8 Å². The Morgan fingerprint density at radius 1 is 1.54 bits per heavy atom. The molecule has 0 aliphatic carbocycles. The molecule has 1 rings (SSSR count). The third-order valence-corrected chi connectivity index (χ3v) is 3.98. The standard InChI is InChI=1S/C10H22N2S/c1-8(2)10(5-11)12-6-9-3-4-13-7-9/h8-10,12H,3-7,11H2,1-2H3. The molecule has 3 heteroatoms. The molecule has 0 aromatic rings. The molecule has 2 unspecified atom stereocenters. The van der Waals surface area contributed by atoms with Gasteiger partial charge in [-0.25, -0.2) is 0 Å². The van der Waals surface area contributed by atoms with E-state index in [4.69, 9.17) is 5.73 Å². The second-order valence-corrected chi connectivity index (χ2v) is 5.37. The third-order valence-electron chi connectivity index (χ3n) is 2.75. The first-order chi connectivity index (χ1) is 6.24. The van der Waals surface area contributed by atoms with Crippen LogP contribution in [-0.2, 0) is 0 Å². The molecule has 1 saturated heterocycles. The van der Waals surface area contributed by atoms with Crippen molar-refractivity contribution in [2.24, 2.45) is 17.6 Å². The summed E-state index contributed by atoms with van der Waals surface area (Å²) in [6.45, 7) is 6.38. The van der Waals surface area contributed by atoms with Crippen LogP contribution >= 0.6 is 11.8 Å². The second-order valence-electron chi connectivity index (χ2n) is 4.22. The summed E-state index contributed by atoms with van der Waals surface area (Å²) in [6, 6.07) is 0.505. The first-order valence-electron chi connectivity index (χ1n) is 5.25. The Hall–Kier alpha value is 0.270. The lowest BCUT2D eigenvalue weighted by molar-refractivity contribution is 0.378. The highest BCUT2D eigenvalue weighted by molar-refractivity contribution is 7.99. The SMILES string of the molecule is CC(C)C(CN)NCC1CCSC1. The molecule has 1 aliphatic heterocycles. The third kappa shape index (κ3) is 3.88. The van der Waals surface area contributed by atoms with Gasteiger partial charge in [-0.15, -0.1) is 0 Å². The maximum atomic E-state index is 5.69. The predicted molar refractivity (Wildman–Crippen MR) is 61.1 cm³/mol. The fourth-order valence-electron chi connectivity index (χ4n) is 1.65. The minimum Gasteiger partial charge on any atom is -0.329 e. The van der Waals surface area contributed by atoms with E-state index in [1.165, 1.54) is 17.9 Å². The minimum atomic E-state index is 0.505. The molecule has 1 heterocycles. The van der Waals surface area contributed by atoms with E-state index in [2.05, 4.69) is 30.9 Å². The lowest BCUT2D eigenvalue weighted by atomic mass is 10.0. The summed E-state index contributed by atoms with van der Waals surface area (Å²) in [7, 11) is 0. The highest BCUT2D eigenvalue weighted by Gasteiger charge is 2.17. The Morgan fingerprint density at radius 3 is 2.77 bits per heavy atom. The molecule has 2 atom stereocenters. The molecule has 1 aliphatic rings. The summed E-state index contributed by atoms with van der Waals surface area (Å²) in [5, 5.41) is 3.57. The number of nitrogens with one attached hydrogen (secondary N) is 1. The molecule has 1 fully saturated rings. The van der Waals surface area contributed by atoms with Crippen LogP contribution in [-0.4, -0.2) is 30.6 Å². The minimum absolute atomic E-state index is 0.505. The van der Waals surface area contributed by atoms with Gasteiger partial charge < -0.3 is 11.1 Å². The number of rotatable bonds is 5. The van der Waals surface area contributed by atoms with Crippen molar-refractivity contribution < 1.29 is 0 Å². The van der Waals surface area contributed by atoms with Gasteiger partial charge in [0, 0.05) is 12.6 Å². The van der Waals surface area contributed by atoms with Crippen molar-refractivity contribution in [3.63, 3.8) is 0 Å². The molecule has 3 N–H and O–H groups in total. The van der Waals surface area contributed by atoms with Crippen molar-refractivity contribution in [1.82, 2.24) is 5.32 Å². The second kappa shape index (κ2) is 5.89. The lowest BCUT2D eigenvalue weighted by Gasteiger charge is -2.22. The number of hydrogen-bond acceptors (Lipinski definition) is 3. The molecule has 0 amide bonds. The van der Waals surface area contributed by atoms with Gasteiger partial charge in [0.15, 0.2) is 0 Å². The summed E-state index contributed by atoms with van der Waals surface area (Å²) >= 11 is 2.08. The fraction of sp³-hybridized carbons (Fsp3) is 1.00. The highest BCUT2D eigenvalue weighted by Crippen LogP contribution is 2.22. The van der Waals surface area contributed by atoms with Crippen LogP contribution in [0.4, 0.5) is 0 Å². The van der Waals surface area contributed by atoms with Crippen molar-refractivity contribution in [2.75, 3.05) is 24.6 Å². The van der Waals surface area contributed by atoms with E-state index in [9.17, 15) is 0 Å². The van der Waals surface area contributed by atoms with Crippen LogP contribution in [0.5, 0.6) is 0 Å². The largest absolute Gasteiger partial charge is 0.329 e. The number of nitrogens with two attached hydrogens (primary N) is 1. The van der Waals surface area contributed by atoms with E-state index in [0.29, 0.717) is 12.0 Å². The van der Waals surface area contributed by atoms with Crippen molar-refractivity contribution in [1.29, 1.82) is 0 Å². The van der Waals surface area contributed by atoms with Gasteiger partial charge in [-0.3, -0.25) is 0 Å². The molecular weight excluding hydrogens is 180 g/mol. The topological polar surface area (TPSA) is 38.0 Å². The predicted octanol–water partition coefficient (Wildman–Crippen LogP) is 1.31. The lowest BCUT2D eigenvalue weighted by Crippen LogP contribution is -2.42. The smallest absolute Gasteiger partial charge is 0.0213 e. The molecule has 2 nitrogen and oxygen atoms in total. The zero-order valence-corrected chi connectivity index (χ0v) is 9.57. The van der Waals surface area contributed by atoms with E-state index in [1.54, 1.807) is 0 Å².